The summed E-state index contributed by atoms with van der Waals surface area (Å²) in [7, 11) is 0. The Kier molecular flexibility index (Phi) is 3.11. The van der Waals surface area contributed by atoms with Crippen LogP contribution in [-0.2, 0) is 6.42 Å². The Bertz CT molecular complexity index is 236. The summed E-state index contributed by atoms with van der Waals surface area (Å²) in [5.41, 5.74) is 2.14. The van der Waals surface area contributed by atoms with E-state index in [2.05, 4.69) is 0 Å². The Morgan fingerprint density at radius 2 is 2.00 bits per heavy atom. The number of aliphatic hydroxyl groups excluding tert-OH is 1. The molecule has 0 saturated carbocycles. The molecule has 0 amide bonds. The SMILES string of the molecule is Cc1cc(O)cc(CCCO)c1. The minimum absolute atomic E-state index is 0.203. The van der Waals surface area contributed by atoms with Gasteiger partial charge in [0.15, 0.2) is 0 Å². The Morgan fingerprint density at radius 1 is 1.25 bits per heavy atom. The second kappa shape index (κ2) is 4.12. The van der Waals surface area contributed by atoms with Crippen molar-refractivity contribution in [3.63, 3.8) is 0 Å². The highest BCUT2D eigenvalue weighted by atomic mass is 16.3. The third-order valence-corrected chi connectivity index (χ3v) is 1.75. The number of benzene rings is 1. The average Bonchev–Trinajstić information content (AvgIpc) is 1.99. The maximum absolute atomic E-state index is 9.23. The molecule has 66 valence electrons. The first-order chi connectivity index (χ1) is 5.72. The first-order valence-corrected chi connectivity index (χ1v) is 4.13. The topological polar surface area (TPSA) is 40.5 Å². The molecule has 0 bridgehead atoms. The molecule has 2 nitrogen and oxygen atoms in total. The molecule has 0 atom stereocenters. The van der Waals surface area contributed by atoms with Crippen LogP contribution in [-0.4, -0.2) is 16.8 Å². The van der Waals surface area contributed by atoms with Crippen LogP contribution in [0.5, 0.6) is 5.75 Å². The van der Waals surface area contributed by atoms with E-state index in [1.807, 2.05) is 13.0 Å². The van der Waals surface area contributed by atoms with Crippen LogP contribution in [0.3, 0.4) is 0 Å². The van der Waals surface area contributed by atoms with Crippen molar-refractivity contribution in [3.8, 4) is 5.75 Å². The van der Waals surface area contributed by atoms with Gasteiger partial charge in [0.1, 0.15) is 5.75 Å². The summed E-state index contributed by atoms with van der Waals surface area (Å²) in [6.45, 7) is 2.15. The van der Waals surface area contributed by atoms with Gasteiger partial charge in [-0.25, -0.2) is 0 Å². The van der Waals surface area contributed by atoms with Gasteiger partial charge in [-0.2, -0.15) is 0 Å². The van der Waals surface area contributed by atoms with E-state index in [9.17, 15) is 5.11 Å². The van der Waals surface area contributed by atoms with Crippen LogP contribution in [0.2, 0.25) is 0 Å². The van der Waals surface area contributed by atoms with Crippen LogP contribution in [0.4, 0.5) is 0 Å². The predicted molar refractivity (Wildman–Crippen MR) is 48.3 cm³/mol. The average molecular weight is 166 g/mol. The second-order valence-electron chi connectivity index (χ2n) is 3.00. The molecule has 0 saturated heterocycles. The first-order valence-electron chi connectivity index (χ1n) is 4.13. The molecule has 0 heterocycles. The molecule has 0 spiro atoms. The van der Waals surface area contributed by atoms with Gasteiger partial charge in [-0.15, -0.1) is 0 Å². The van der Waals surface area contributed by atoms with Crippen LogP contribution in [0.15, 0.2) is 18.2 Å². The van der Waals surface area contributed by atoms with Crippen molar-refractivity contribution in [2.24, 2.45) is 0 Å². The fraction of sp³-hybridized carbons (Fsp3) is 0.400. The summed E-state index contributed by atoms with van der Waals surface area (Å²) in [6, 6.07) is 5.49. The molecule has 0 aliphatic heterocycles. The molecule has 2 heteroatoms. The summed E-state index contributed by atoms with van der Waals surface area (Å²) >= 11 is 0. The highest BCUT2D eigenvalue weighted by molar-refractivity contribution is 5.32. The van der Waals surface area contributed by atoms with Crippen molar-refractivity contribution in [2.45, 2.75) is 19.8 Å². The van der Waals surface area contributed by atoms with Gasteiger partial charge in [0.05, 0.1) is 0 Å². The normalized spacial score (nSPS) is 10.2. The van der Waals surface area contributed by atoms with E-state index in [4.69, 9.17) is 5.11 Å². The monoisotopic (exact) mass is 166 g/mol. The van der Waals surface area contributed by atoms with Gasteiger partial charge >= 0.3 is 0 Å². The molecule has 0 radical (unpaired) electrons. The molecule has 12 heavy (non-hydrogen) atoms. The number of aliphatic hydroxyl groups is 1. The summed E-state index contributed by atoms with van der Waals surface area (Å²) in [5, 5.41) is 17.8. The number of hydrogen-bond donors (Lipinski definition) is 2. The quantitative estimate of drug-likeness (QED) is 0.716. The van der Waals surface area contributed by atoms with Gasteiger partial charge in [0, 0.05) is 6.61 Å². The van der Waals surface area contributed by atoms with Crippen LogP contribution in [0, 0.1) is 6.92 Å². The van der Waals surface area contributed by atoms with Crippen LogP contribution in [0.1, 0.15) is 17.5 Å². The molecule has 2 N–H and O–H groups in total. The van der Waals surface area contributed by atoms with Gasteiger partial charge < -0.3 is 10.2 Å². The van der Waals surface area contributed by atoms with Gasteiger partial charge in [-0.1, -0.05) is 6.07 Å². The van der Waals surface area contributed by atoms with Gasteiger partial charge in [-0.3, -0.25) is 0 Å². The van der Waals surface area contributed by atoms with E-state index in [1.165, 1.54) is 0 Å². The Labute approximate surface area is 72.5 Å². The maximum Gasteiger partial charge on any atom is 0.116 e. The largest absolute Gasteiger partial charge is 0.508 e. The smallest absolute Gasteiger partial charge is 0.116 e. The lowest BCUT2D eigenvalue weighted by atomic mass is 10.1. The number of aromatic hydroxyl groups is 1. The van der Waals surface area contributed by atoms with Gasteiger partial charge in [0.25, 0.3) is 0 Å². The molecule has 1 aromatic rings. The minimum Gasteiger partial charge on any atom is -0.508 e. The van der Waals surface area contributed by atoms with E-state index in [0.29, 0.717) is 5.75 Å². The van der Waals surface area contributed by atoms with E-state index in [1.54, 1.807) is 12.1 Å². The van der Waals surface area contributed by atoms with Crippen LogP contribution < -0.4 is 0 Å². The van der Waals surface area contributed by atoms with Gasteiger partial charge in [0.2, 0.25) is 0 Å². The Balaban J connectivity index is 2.72. The Hall–Kier alpha value is -1.02. The lowest BCUT2D eigenvalue weighted by molar-refractivity contribution is 0.288. The van der Waals surface area contributed by atoms with Crippen molar-refractivity contribution < 1.29 is 10.2 Å². The molecule has 0 unspecified atom stereocenters. The lowest BCUT2D eigenvalue weighted by Gasteiger charge is -2.02. The number of hydrogen-bond acceptors (Lipinski definition) is 2. The molecular formula is C10H14O2. The molecule has 0 aliphatic carbocycles. The predicted octanol–water partition coefficient (Wildman–Crippen LogP) is 1.63. The summed E-state index contributed by atoms with van der Waals surface area (Å²) in [6.07, 6.45) is 1.58. The van der Waals surface area contributed by atoms with Crippen molar-refractivity contribution in [1.82, 2.24) is 0 Å². The molecule has 1 aromatic carbocycles. The standard InChI is InChI=1S/C10H14O2/c1-8-5-9(3-2-4-11)7-10(12)6-8/h5-7,11-12H,2-4H2,1H3. The van der Waals surface area contributed by atoms with Crippen molar-refractivity contribution in [3.05, 3.63) is 29.3 Å². The fourth-order valence-electron chi connectivity index (χ4n) is 1.27. The lowest BCUT2D eigenvalue weighted by Crippen LogP contribution is -1.89. The number of aryl methyl sites for hydroxylation is 2. The zero-order valence-corrected chi connectivity index (χ0v) is 7.25. The van der Waals surface area contributed by atoms with Crippen LogP contribution >= 0.6 is 0 Å². The zero-order valence-electron chi connectivity index (χ0n) is 7.25. The van der Waals surface area contributed by atoms with Gasteiger partial charge in [-0.05, 0) is 43.0 Å². The van der Waals surface area contributed by atoms with E-state index < -0.39 is 0 Å². The van der Waals surface area contributed by atoms with Crippen LogP contribution in [0.25, 0.3) is 0 Å². The molecule has 0 aliphatic rings. The van der Waals surface area contributed by atoms with Crippen molar-refractivity contribution in [2.75, 3.05) is 6.61 Å². The molecular weight excluding hydrogens is 152 g/mol. The van der Waals surface area contributed by atoms with E-state index in [0.717, 1.165) is 24.0 Å². The fourth-order valence-corrected chi connectivity index (χ4v) is 1.27. The van der Waals surface area contributed by atoms with E-state index in [-0.39, 0.29) is 6.61 Å². The Morgan fingerprint density at radius 3 is 2.58 bits per heavy atom. The highest BCUT2D eigenvalue weighted by Gasteiger charge is 1.96. The second-order valence-corrected chi connectivity index (χ2v) is 3.00. The van der Waals surface area contributed by atoms with Crippen molar-refractivity contribution >= 4 is 0 Å². The zero-order chi connectivity index (χ0) is 8.97. The number of phenols is 1. The minimum atomic E-state index is 0.203. The van der Waals surface area contributed by atoms with Crippen molar-refractivity contribution in [1.29, 1.82) is 0 Å². The molecule has 1 rings (SSSR count). The molecule has 0 fully saturated rings. The van der Waals surface area contributed by atoms with E-state index >= 15 is 0 Å². The third kappa shape index (κ3) is 2.55. The number of phenolic OH excluding ortho intramolecular Hbond substituents is 1. The highest BCUT2D eigenvalue weighted by Crippen LogP contribution is 2.15. The number of rotatable bonds is 3. The first kappa shape index (κ1) is 9.07. The third-order valence-electron chi connectivity index (χ3n) is 1.75. The summed E-state index contributed by atoms with van der Waals surface area (Å²) in [5.74, 6) is 0.308. The summed E-state index contributed by atoms with van der Waals surface area (Å²) in [4.78, 5) is 0. The summed E-state index contributed by atoms with van der Waals surface area (Å²) < 4.78 is 0. The maximum atomic E-state index is 9.23. The molecule has 0 aromatic heterocycles.